The molecule has 0 saturated heterocycles. The van der Waals surface area contributed by atoms with E-state index in [1.807, 2.05) is 0 Å². The molecule has 0 aliphatic carbocycles. The fourth-order valence-electron chi connectivity index (χ4n) is 3.31. The van der Waals surface area contributed by atoms with Crippen molar-refractivity contribution in [1.82, 2.24) is 5.43 Å². The minimum Gasteiger partial charge on any atom is -0.503 e. The third-order valence-corrected chi connectivity index (χ3v) is 7.47. The van der Waals surface area contributed by atoms with Gasteiger partial charge in [0, 0.05) is 6.07 Å². The first kappa shape index (κ1) is 28.7. The average molecular weight is 610 g/mol. The molecule has 0 unspecified atom stereocenters. The summed E-state index contributed by atoms with van der Waals surface area (Å²) in [5.41, 5.74) is 2.83. The molecule has 0 aliphatic heterocycles. The molecule has 3 aromatic rings. The summed E-state index contributed by atoms with van der Waals surface area (Å²) in [4.78, 5) is 12.6. The molecule has 202 valence electrons. The molecule has 38 heavy (non-hydrogen) atoms. The standard InChI is InChI=1S/C25H25BrFN3O7S/c1-4-37-23-12-16(11-20(26)25(23)32)14-28-29-24(31)15-30(18-7-5-17(27)6-8-18)38(33,34)19-9-10-21(35-2)22(13-19)36-3/h5-14,32H,4,15H2,1-3H3,(H,29,31)/b28-14-. The number of hydrogen-bond donors (Lipinski definition) is 2. The summed E-state index contributed by atoms with van der Waals surface area (Å²) in [6.07, 6.45) is 1.30. The lowest BCUT2D eigenvalue weighted by molar-refractivity contribution is -0.119. The summed E-state index contributed by atoms with van der Waals surface area (Å²) in [6.45, 7) is 1.42. The molecule has 0 heterocycles. The summed E-state index contributed by atoms with van der Waals surface area (Å²) >= 11 is 3.22. The van der Waals surface area contributed by atoms with E-state index in [1.165, 1.54) is 56.8 Å². The van der Waals surface area contributed by atoms with E-state index in [-0.39, 0.29) is 27.8 Å². The molecule has 3 rings (SSSR count). The fourth-order valence-corrected chi connectivity index (χ4v) is 5.20. The molecule has 0 fully saturated rings. The van der Waals surface area contributed by atoms with Gasteiger partial charge in [0.05, 0.1) is 42.1 Å². The Balaban J connectivity index is 1.87. The van der Waals surface area contributed by atoms with Crippen LogP contribution in [-0.4, -0.2) is 53.0 Å². The number of ether oxygens (including phenoxy) is 3. The van der Waals surface area contributed by atoms with Crippen LogP contribution in [0.2, 0.25) is 0 Å². The zero-order chi connectivity index (χ0) is 27.9. The molecule has 0 bridgehead atoms. The van der Waals surface area contributed by atoms with Crippen LogP contribution in [0.4, 0.5) is 10.1 Å². The number of anilines is 1. The van der Waals surface area contributed by atoms with Gasteiger partial charge in [-0.2, -0.15) is 5.10 Å². The first-order valence-corrected chi connectivity index (χ1v) is 13.3. The number of methoxy groups -OCH3 is 2. The van der Waals surface area contributed by atoms with E-state index in [4.69, 9.17) is 14.2 Å². The Hall–Kier alpha value is -3.84. The topological polar surface area (TPSA) is 127 Å². The van der Waals surface area contributed by atoms with Crippen molar-refractivity contribution in [2.75, 3.05) is 31.7 Å². The molecule has 0 radical (unpaired) electrons. The number of rotatable bonds is 11. The maximum Gasteiger partial charge on any atom is 0.264 e. The van der Waals surface area contributed by atoms with Crippen LogP contribution in [0.3, 0.4) is 0 Å². The van der Waals surface area contributed by atoms with Gasteiger partial charge in [0.25, 0.3) is 15.9 Å². The lowest BCUT2D eigenvalue weighted by Crippen LogP contribution is -2.39. The van der Waals surface area contributed by atoms with Gasteiger partial charge < -0.3 is 19.3 Å². The molecule has 1 amide bonds. The summed E-state index contributed by atoms with van der Waals surface area (Å²) in [6, 6.07) is 11.7. The molecule has 10 nitrogen and oxygen atoms in total. The minimum atomic E-state index is -4.31. The molecule has 0 aromatic heterocycles. The highest BCUT2D eigenvalue weighted by Crippen LogP contribution is 2.35. The Bertz CT molecular complexity index is 1430. The predicted molar refractivity (Wildman–Crippen MR) is 143 cm³/mol. The molecule has 0 spiro atoms. The zero-order valence-electron chi connectivity index (χ0n) is 20.6. The first-order valence-electron chi connectivity index (χ1n) is 11.1. The van der Waals surface area contributed by atoms with Crippen LogP contribution < -0.4 is 23.9 Å². The van der Waals surface area contributed by atoms with Crippen LogP contribution in [-0.2, 0) is 14.8 Å². The van der Waals surface area contributed by atoms with Gasteiger partial charge >= 0.3 is 0 Å². The van der Waals surface area contributed by atoms with Crippen molar-refractivity contribution in [3.05, 3.63) is 70.5 Å². The molecule has 0 atom stereocenters. The maximum atomic E-state index is 13.6. The summed E-state index contributed by atoms with van der Waals surface area (Å²) in [7, 11) is -1.53. The second kappa shape index (κ2) is 12.6. The monoisotopic (exact) mass is 609 g/mol. The molecular formula is C25H25BrFN3O7S. The summed E-state index contributed by atoms with van der Waals surface area (Å²) in [5, 5.41) is 13.9. The summed E-state index contributed by atoms with van der Waals surface area (Å²) in [5.74, 6) is -0.704. The number of carbonyl (C=O) groups is 1. The van der Waals surface area contributed by atoms with Crippen LogP contribution >= 0.6 is 15.9 Å². The normalized spacial score (nSPS) is 11.3. The van der Waals surface area contributed by atoms with Crippen molar-refractivity contribution >= 4 is 43.8 Å². The molecule has 0 saturated carbocycles. The third-order valence-electron chi connectivity index (χ3n) is 5.10. The van der Waals surface area contributed by atoms with E-state index < -0.39 is 28.3 Å². The minimum absolute atomic E-state index is 0.0594. The fraction of sp³-hybridized carbons (Fsp3) is 0.200. The second-order valence-corrected chi connectivity index (χ2v) is 10.3. The highest BCUT2D eigenvalue weighted by molar-refractivity contribution is 9.10. The summed E-state index contributed by atoms with van der Waals surface area (Å²) < 4.78 is 57.6. The van der Waals surface area contributed by atoms with Gasteiger partial charge in [-0.25, -0.2) is 18.2 Å². The number of sulfonamides is 1. The number of amides is 1. The average Bonchev–Trinajstić information content (AvgIpc) is 2.90. The van der Waals surface area contributed by atoms with E-state index in [1.54, 1.807) is 13.0 Å². The van der Waals surface area contributed by atoms with E-state index in [0.717, 1.165) is 16.4 Å². The van der Waals surface area contributed by atoms with E-state index >= 15 is 0 Å². The van der Waals surface area contributed by atoms with Crippen LogP contribution in [0.5, 0.6) is 23.0 Å². The lowest BCUT2D eigenvalue weighted by Gasteiger charge is -2.24. The second-order valence-electron chi connectivity index (χ2n) is 7.58. The Kier molecular flexibility index (Phi) is 9.53. The molecular weight excluding hydrogens is 585 g/mol. The van der Waals surface area contributed by atoms with Crippen molar-refractivity contribution < 1.29 is 36.9 Å². The molecule has 2 N–H and O–H groups in total. The number of phenolic OH excluding ortho intramolecular Hbond substituents is 1. The smallest absolute Gasteiger partial charge is 0.264 e. The number of carbonyl (C=O) groups excluding carboxylic acids is 1. The van der Waals surface area contributed by atoms with Gasteiger partial charge in [-0.15, -0.1) is 0 Å². The Morgan fingerprint density at radius 1 is 1.08 bits per heavy atom. The van der Waals surface area contributed by atoms with Crippen LogP contribution in [0.15, 0.2) is 69.1 Å². The van der Waals surface area contributed by atoms with Gasteiger partial charge in [0.2, 0.25) is 0 Å². The molecule has 13 heteroatoms. The number of nitrogens with zero attached hydrogens (tertiary/aromatic N) is 2. The van der Waals surface area contributed by atoms with Crippen molar-refractivity contribution in [2.24, 2.45) is 5.10 Å². The van der Waals surface area contributed by atoms with E-state index in [2.05, 4.69) is 26.5 Å². The van der Waals surface area contributed by atoms with Crippen LogP contribution in [0.25, 0.3) is 0 Å². The van der Waals surface area contributed by atoms with Gasteiger partial charge in [0.15, 0.2) is 23.0 Å². The lowest BCUT2D eigenvalue weighted by atomic mass is 10.2. The van der Waals surface area contributed by atoms with E-state index in [9.17, 15) is 22.7 Å². The van der Waals surface area contributed by atoms with Crippen molar-refractivity contribution in [3.63, 3.8) is 0 Å². The van der Waals surface area contributed by atoms with Crippen LogP contribution in [0, 0.1) is 5.82 Å². The quantitative estimate of drug-likeness (QED) is 0.248. The highest BCUT2D eigenvalue weighted by atomic mass is 79.9. The van der Waals surface area contributed by atoms with Crippen molar-refractivity contribution in [1.29, 1.82) is 0 Å². The zero-order valence-corrected chi connectivity index (χ0v) is 23.0. The van der Waals surface area contributed by atoms with Gasteiger partial charge in [-0.05, 0) is 76.9 Å². The maximum absolute atomic E-state index is 13.6. The van der Waals surface area contributed by atoms with Crippen LogP contribution in [0.1, 0.15) is 12.5 Å². The van der Waals surface area contributed by atoms with Crippen molar-refractivity contribution in [2.45, 2.75) is 11.8 Å². The third kappa shape index (κ3) is 6.72. The number of halogens is 2. The Morgan fingerprint density at radius 3 is 2.39 bits per heavy atom. The Morgan fingerprint density at radius 2 is 1.76 bits per heavy atom. The number of phenols is 1. The predicted octanol–water partition coefficient (Wildman–Crippen LogP) is 4.06. The Labute approximate surface area is 227 Å². The number of benzene rings is 3. The molecule has 0 aliphatic rings. The number of hydrazone groups is 1. The number of nitrogens with one attached hydrogen (secondary N) is 1. The highest BCUT2D eigenvalue weighted by Gasteiger charge is 2.28. The van der Waals surface area contributed by atoms with Gasteiger partial charge in [-0.3, -0.25) is 9.10 Å². The van der Waals surface area contributed by atoms with Crippen molar-refractivity contribution in [3.8, 4) is 23.0 Å². The number of hydrogen-bond acceptors (Lipinski definition) is 8. The van der Waals surface area contributed by atoms with E-state index in [0.29, 0.717) is 22.4 Å². The largest absolute Gasteiger partial charge is 0.503 e. The molecule has 3 aromatic carbocycles. The number of aromatic hydroxyl groups is 1. The van der Waals surface area contributed by atoms with Gasteiger partial charge in [-0.1, -0.05) is 0 Å². The first-order chi connectivity index (χ1) is 18.1. The van der Waals surface area contributed by atoms with Gasteiger partial charge in [0.1, 0.15) is 12.4 Å². The SMILES string of the molecule is CCOc1cc(/C=N\NC(=O)CN(c2ccc(F)cc2)S(=O)(=O)c2ccc(OC)c(OC)c2)cc(Br)c1O.